The predicted molar refractivity (Wildman–Crippen MR) is 138 cm³/mol. The Bertz CT molecular complexity index is 955. The zero-order valence-corrected chi connectivity index (χ0v) is 20.4. The highest BCUT2D eigenvalue weighted by Gasteiger charge is 2.43. The van der Waals surface area contributed by atoms with Crippen molar-refractivity contribution >= 4 is 0 Å². The summed E-state index contributed by atoms with van der Waals surface area (Å²) < 4.78 is 0. The molecule has 0 unspecified atom stereocenters. The number of benzene rings is 1. The maximum absolute atomic E-state index is 10.6. The van der Waals surface area contributed by atoms with Crippen LogP contribution in [0.15, 0.2) is 72.6 Å². The van der Waals surface area contributed by atoms with Crippen molar-refractivity contribution in [3.05, 3.63) is 89.3 Å². The lowest BCUT2D eigenvalue weighted by Crippen LogP contribution is -2.18. The van der Waals surface area contributed by atoms with Crippen LogP contribution >= 0.6 is 0 Å². The number of nitrogens with one attached hydrogen (secondary N) is 1. The summed E-state index contributed by atoms with van der Waals surface area (Å²) in [4.78, 5) is 4.06. The monoisotopic (exact) mass is 460 g/mol. The lowest BCUT2D eigenvalue weighted by atomic mass is 9.88. The number of aliphatic hydroxyl groups is 2. The molecule has 0 aliphatic heterocycles. The van der Waals surface area contributed by atoms with Crippen molar-refractivity contribution in [3.63, 3.8) is 0 Å². The van der Waals surface area contributed by atoms with Crippen LogP contribution in [-0.2, 0) is 13.0 Å². The Morgan fingerprint density at radius 2 is 1.97 bits per heavy atom. The smallest absolute Gasteiger partial charge is 0.0761 e. The number of unbranched alkanes of at least 4 members (excludes halogenated alkanes) is 2. The number of rotatable bonds is 12. The van der Waals surface area contributed by atoms with Gasteiger partial charge in [-0.15, -0.1) is 0 Å². The van der Waals surface area contributed by atoms with Gasteiger partial charge in [0.2, 0.25) is 0 Å². The summed E-state index contributed by atoms with van der Waals surface area (Å²) in [6.07, 6.45) is 16.8. The van der Waals surface area contributed by atoms with Gasteiger partial charge < -0.3 is 15.5 Å². The molecule has 1 saturated carbocycles. The molecule has 182 valence electrons. The number of allylic oxidation sites excluding steroid dienone is 2. The third-order valence-electron chi connectivity index (χ3n) is 7.46. The summed E-state index contributed by atoms with van der Waals surface area (Å²) in [6.45, 7) is 4.04. The number of nitrogens with zero attached hydrogens (tertiary/aromatic N) is 1. The number of aromatic nitrogens is 1. The highest BCUT2D eigenvalue weighted by Crippen LogP contribution is 2.48. The molecule has 0 spiro atoms. The average Bonchev–Trinajstić information content (AvgIpc) is 3.34. The van der Waals surface area contributed by atoms with Gasteiger partial charge in [0.15, 0.2) is 0 Å². The molecule has 2 aromatic rings. The Balaban J connectivity index is 1.15. The SMILES string of the molecule is Cc1cccc(C[C@@H](O)C=C[C@@H]2[C@H]3CC(CCCCCNCc4ccncc4)=C[C@H]3C[C@H]2O)c1. The summed E-state index contributed by atoms with van der Waals surface area (Å²) in [6, 6.07) is 12.4. The molecule has 0 bridgehead atoms. The fourth-order valence-corrected chi connectivity index (χ4v) is 5.71. The zero-order chi connectivity index (χ0) is 23.8. The molecule has 4 nitrogen and oxygen atoms in total. The minimum atomic E-state index is -0.506. The van der Waals surface area contributed by atoms with Gasteiger partial charge in [0, 0.05) is 31.3 Å². The summed E-state index contributed by atoms with van der Waals surface area (Å²) in [5, 5.41) is 24.7. The Labute approximate surface area is 204 Å². The standard InChI is InChI=1S/C30H40N2O2/c1-22-6-5-8-24(16-22)18-27(33)9-10-28-29-19-25(17-26(29)20-30(28)34)7-3-2-4-13-32-21-23-11-14-31-15-12-23/h5-6,8-12,14-17,26-30,32-34H,2-4,7,13,18-21H2,1H3/t26-,27-,28+,29-,30+/m0/s1. The van der Waals surface area contributed by atoms with Crippen molar-refractivity contribution < 1.29 is 10.2 Å². The van der Waals surface area contributed by atoms with Crippen molar-refractivity contribution in [2.45, 2.75) is 70.6 Å². The van der Waals surface area contributed by atoms with E-state index < -0.39 is 6.10 Å². The molecule has 4 heteroatoms. The number of hydrogen-bond acceptors (Lipinski definition) is 4. The van der Waals surface area contributed by atoms with E-state index in [1.54, 1.807) is 5.57 Å². The molecular formula is C30H40N2O2. The highest BCUT2D eigenvalue weighted by atomic mass is 16.3. The molecule has 1 fully saturated rings. The van der Waals surface area contributed by atoms with Gasteiger partial charge in [-0.3, -0.25) is 4.98 Å². The molecule has 5 atom stereocenters. The quantitative estimate of drug-likeness (QED) is 0.303. The zero-order valence-electron chi connectivity index (χ0n) is 20.4. The summed E-state index contributed by atoms with van der Waals surface area (Å²) in [5.74, 6) is 1.15. The van der Waals surface area contributed by atoms with Crippen LogP contribution in [-0.4, -0.2) is 33.9 Å². The van der Waals surface area contributed by atoms with Crippen LogP contribution in [0.1, 0.15) is 55.2 Å². The van der Waals surface area contributed by atoms with Crippen LogP contribution in [0.25, 0.3) is 0 Å². The number of aryl methyl sites for hydroxylation is 1. The van der Waals surface area contributed by atoms with Crippen LogP contribution in [0, 0.1) is 24.7 Å². The first-order valence-corrected chi connectivity index (χ1v) is 13.0. The Hall–Kier alpha value is -2.27. The lowest BCUT2D eigenvalue weighted by molar-refractivity contribution is 0.140. The number of aliphatic hydroxyl groups excluding tert-OH is 2. The molecule has 4 rings (SSSR count). The fraction of sp³-hybridized carbons (Fsp3) is 0.500. The molecule has 2 aliphatic rings. The van der Waals surface area contributed by atoms with E-state index in [0.29, 0.717) is 18.3 Å². The predicted octanol–water partition coefficient (Wildman–Crippen LogP) is 5.14. The van der Waals surface area contributed by atoms with Gasteiger partial charge in [0.25, 0.3) is 0 Å². The largest absolute Gasteiger partial charge is 0.392 e. The third kappa shape index (κ3) is 7.11. The minimum Gasteiger partial charge on any atom is -0.392 e. The van der Waals surface area contributed by atoms with Gasteiger partial charge in [0.1, 0.15) is 0 Å². The van der Waals surface area contributed by atoms with Crippen LogP contribution in [0.2, 0.25) is 0 Å². The average molecular weight is 461 g/mol. The van der Waals surface area contributed by atoms with E-state index in [0.717, 1.165) is 31.5 Å². The van der Waals surface area contributed by atoms with Crippen LogP contribution in [0.5, 0.6) is 0 Å². The number of pyridine rings is 1. The Kier molecular flexibility index (Phi) is 9.09. The Morgan fingerprint density at radius 1 is 1.12 bits per heavy atom. The van der Waals surface area contributed by atoms with E-state index in [2.05, 4.69) is 59.7 Å². The minimum absolute atomic E-state index is 0.156. The molecule has 1 aromatic heterocycles. The van der Waals surface area contributed by atoms with Crippen LogP contribution in [0.3, 0.4) is 0 Å². The molecule has 0 radical (unpaired) electrons. The van der Waals surface area contributed by atoms with E-state index in [-0.39, 0.29) is 12.0 Å². The Morgan fingerprint density at radius 3 is 2.79 bits per heavy atom. The van der Waals surface area contributed by atoms with E-state index in [9.17, 15) is 10.2 Å². The molecule has 34 heavy (non-hydrogen) atoms. The van der Waals surface area contributed by atoms with E-state index in [1.807, 2.05) is 24.5 Å². The van der Waals surface area contributed by atoms with Crippen molar-refractivity contribution in [2.75, 3.05) is 6.54 Å². The lowest BCUT2D eigenvalue weighted by Gasteiger charge is -2.19. The number of hydrogen-bond donors (Lipinski definition) is 3. The van der Waals surface area contributed by atoms with Gasteiger partial charge in [0.05, 0.1) is 12.2 Å². The van der Waals surface area contributed by atoms with Crippen molar-refractivity contribution in [2.24, 2.45) is 17.8 Å². The van der Waals surface area contributed by atoms with Gasteiger partial charge >= 0.3 is 0 Å². The molecule has 1 aromatic carbocycles. The second-order valence-electron chi connectivity index (χ2n) is 10.2. The van der Waals surface area contributed by atoms with Crippen molar-refractivity contribution in [3.8, 4) is 0 Å². The van der Waals surface area contributed by atoms with Crippen molar-refractivity contribution in [1.82, 2.24) is 10.3 Å². The normalized spacial score (nSPS) is 25.0. The van der Waals surface area contributed by atoms with Crippen LogP contribution < -0.4 is 5.32 Å². The van der Waals surface area contributed by atoms with Gasteiger partial charge in [-0.2, -0.15) is 0 Å². The first-order chi connectivity index (χ1) is 16.6. The summed E-state index contributed by atoms with van der Waals surface area (Å²) in [7, 11) is 0. The van der Waals surface area contributed by atoms with Crippen LogP contribution in [0.4, 0.5) is 0 Å². The first-order valence-electron chi connectivity index (χ1n) is 13.0. The number of fused-ring (bicyclic) bond motifs is 1. The van der Waals surface area contributed by atoms with Gasteiger partial charge in [-0.05, 0) is 80.7 Å². The summed E-state index contributed by atoms with van der Waals surface area (Å²) >= 11 is 0. The topological polar surface area (TPSA) is 65.4 Å². The van der Waals surface area contributed by atoms with Gasteiger partial charge in [-0.1, -0.05) is 60.1 Å². The fourth-order valence-electron chi connectivity index (χ4n) is 5.71. The molecule has 1 heterocycles. The van der Waals surface area contributed by atoms with E-state index in [1.165, 1.54) is 36.8 Å². The second kappa shape index (κ2) is 12.4. The van der Waals surface area contributed by atoms with Crippen molar-refractivity contribution in [1.29, 1.82) is 0 Å². The van der Waals surface area contributed by atoms with E-state index in [4.69, 9.17) is 0 Å². The molecule has 2 aliphatic carbocycles. The maximum atomic E-state index is 10.6. The second-order valence-corrected chi connectivity index (χ2v) is 10.2. The molecular weight excluding hydrogens is 420 g/mol. The summed E-state index contributed by atoms with van der Waals surface area (Å²) in [5.41, 5.74) is 5.23. The molecule has 0 amide bonds. The highest BCUT2D eigenvalue weighted by molar-refractivity contribution is 5.24. The molecule has 0 saturated heterocycles. The van der Waals surface area contributed by atoms with Gasteiger partial charge in [-0.25, -0.2) is 0 Å². The first kappa shape index (κ1) is 24.8. The maximum Gasteiger partial charge on any atom is 0.0761 e. The third-order valence-corrected chi connectivity index (χ3v) is 7.46. The van der Waals surface area contributed by atoms with E-state index >= 15 is 0 Å². The molecule has 3 N–H and O–H groups in total.